The zero-order valence-electron chi connectivity index (χ0n) is 7.98. The van der Waals surface area contributed by atoms with Gasteiger partial charge in [0.05, 0.1) is 11.2 Å². The summed E-state index contributed by atoms with van der Waals surface area (Å²) in [6.07, 6.45) is 1.68. The van der Waals surface area contributed by atoms with Gasteiger partial charge in [-0.2, -0.15) is 0 Å². The lowest BCUT2D eigenvalue weighted by atomic mass is 10.2. The zero-order valence-corrected chi connectivity index (χ0v) is 7.98. The summed E-state index contributed by atoms with van der Waals surface area (Å²) in [5.74, 6) is -0.914. The van der Waals surface area contributed by atoms with Gasteiger partial charge in [0.25, 0.3) is 0 Å². The number of carboxylic acid groups (broad SMARTS) is 1. The van der Waals surface area contributed by atoms with Crippen molar-refractivity contribution in [1.29, 1.82) is 0 Å². The largest absolute Gasteiger partial charge is 0.477 e. The monoisotopic (exact) mass is 190 g/mol. The van der Waals surface area contributed by atoms with Gasteiger partial charge in [-0.25, -0.2) is 4.79 Å². The van der Waals surface area contributed by atoms with E-state index < -0.39 is 5.97 Å². The molecule has 0 amide bonds. The molecule has 14 heavy (non-hydrogen) atoms. The van der Waals surface area contributed by atoms with E-state index in [1.165, 1.54) is 0 Å². The van der Waals surface area contributed by atoms with Crippen LogP contribution in [0, 0.1) is 6.92 Å². The maximum atomic E-state index is 10.9. The Balaban J connectivity index is 2.87. The third-order valence-electron chi connectivity index (χ3n) is 2.35. The SMILES string of the molecule is Cc1nccc2cc(C(=O)O)n(C)c12. The number of pyridine rings is 1. The van der Waals surface area contributed by atoms with Crippen LogP contribution in [0.15, 0.2) is 18.3 Å². The first-order chi connectivity index (χ1) is 6.61. The van der Waals surface area contributed by atoms with Crippen LogP contribution in [-0.2, 0) is 7.05 Å². The lowest BCUT2D eigenvalue weighted by Crippen LogP contribution is -2.04. The number of rotatable bonds is 1. The number of aryl methyl sites for hydroxylation is 2. The maximum Gasteiger partial charge on any atom is 0.352 e. The highest BCUT2D eigenvalue weighted by Crippen LogP contribution is 2.20. The van der Waals surface area contributed by atoms with Crippen LogP contribution < -0.4 is 0 Å². The van der Waals surface area contributed by atoms with E-state index in [9.17, 15) is 4.79 Å². The first-order valence-electron chi connectivity index (χ1n) is 4.25. The Morgan fingerprint density at radius 3 is 2.86 bits per heavy atom. The summed E-state index contributed by atoms with van der Waals surface area (Å²) in [5.41, 5.74) is 2.01. The van der Waals surface area contributed by atoms with E-state index >= 15 is 0 Å². The fraction of sp³-hybridized carbons (Fsp3) is 0.200. The van der Waals surface area contributed by atoms with Crippen molar-refractivity contribution >= 4 is 16.9 Å². The van der Waals surface area contributed by atoms with Gasteiger partial charge in [0, 0.05) is 18.6 Å². The normalized spacial score (nSPS) is 10.7. The summed E-state index contributed by atoms with van der Waals surface area (Å²) < 4.78 is 1.65. The first-order valence-corrected chi connectivity index (χ1v) is 4.25. The van der Waals surface area contributed by atoms with Crippen LogP contribution in [0.5, 0.6) is 0 Å². The second kappa shape index (κ2) is 2.83. The van der Waals surface area contributed by atoms with E-state index in [4.69, 9.17) is 5.11 Å². The fourth-order valence-corrected chi connectivity index (χ4v) is 1.70. The number of hydrogen-bond donors (Lipinski definition) is 1. The van der Waals surface area contributed by atoms with Crippen LogP contribution in [0.2, 0.25) is 0 Å². The molecule has 0 saturated carbocycles. The molecule has 2 rings (SSSR count). The maximum absolute atomic E-state index is 10.9. The third kappa shape index (κ3) is 1.08. The molecule has 0 saturated heterocycles. The molecule has 0 fully saturated rings. The summed E-state index contributed by atoms with van der Waals surface area (Å²) >= 11 is 0. The minimum absolute atomic E-state index is 0.288. The van der Waals surface area contributed by atoms with Gasteiger partial charge in [0.15, 0.2) is 0 Å². The van der Waals surface area contributed by atoms with Gasteiger partial charge in [-0.3, -0.25) is 4.98 Å². The topological polar surface area (TPSA) is 55.1 Å². The van der Waals surface area contributed by atoms with Gasteiger partial charge in [0.1, 0.15) is 5.69 Å². The molecule has 0 bridgehead atoms. The molecule has 0 aromatic carbocycles. The molecular formula is C10H10N2O2. The molecule has 0 radical (unpaired) electrons. The fourth-order valence-electron chi connectivity index (χ4n) is 1.70. The number of hydrogen-bond acceptors (Lipinski definition) is 2. The van der Waals surface area contributed by atoms with E-state index in [0.717, 1.165) is 16.6 Å². The van der Waals surface area contributed by atoms with Gasteiger partial charge in [-0.1, -0.05) is 0 Å². The molecule has 0 aliphatic carbocycles. The van der Waals surface area contributed by atoms with Gasteiger partial charge in [-0.05, 0) is 19.1 Å². The van der Waals surface area contributed by atoms with Crippen molar-refractivity contribution in [3.63, 3.8) is 0 Å². The van der Waals surface area contributed by atoms with Gasteiger partial charge < -0.3 is 9.67 Å². The minimum Gasteiger partial charge on any atom is -0.477 e. The Labute approximate surface area is 80.8 Å². The van der Waals surface area contributed by atoms with Crippen LogP contribution in [0.3, 0.4) is 0 Å². The Hall–Kier alpha value is -1.84. The van der Waals surface area contributed by atoms with Crippen molar-refractivity contribution in [2.75, 3.05) is 0 Å². The molecule has 0 atom stereocenters. The van der Waals surface area contributed by atoms with Crippen molar-refractivity contribution < 1.29 is 9.90 Å². The molecule has 0 unspecified atom stereocenters. The van der Waals surface area contributed by atoms with Crippen molar-refractivity contribution in [1.82, 2.24) is 9.55 Å². The van der Waals surface area contributed by atoms with Crippen LogP contribution in [-0.4, -0.2) is 20.6 Å². The molecule has 0 aliphatic rings. The average molecular weight is 190 g/mol. The summed E-state index contributed by atoms with van der Waals surface area (Å²) in [7, 11) is 1.74. The highest BCUT2D eigenvalue weighted by molar-refractivity contribution is 5.95. The summed E-state index contributed by atoms with van der Waals surface area (Å²) in [5, 5.41) is 9.83. The number of aromatic carboxylic acids is 1. The van der Waals surface area contributed by atoms with E-state index in [-0.39, 0.29) is 5.69 Å². The molecule has 2 aromatic rings. The third-order valence-corrected chi connectivity index (χ3v) is 2.35. The molecule has 0 spiro atoms. The van der Waals surface area contributed by atoms with Crippen LogP contribution in [0.4, 0.5) is 0 Å². The van der Waals surface area contributed by atoms with E-state index in [0.29, 0.717) is 0 Å². The van der Waals surface area contributed by atoms with Crippen molar-refractivity contribution in [3.8, 4) is 0 Å². The average Bonchev–Trinajstić information content (AvgIpc) is 2.45. The standard InChI is InChI=1S/C10H10N2O2/c1-6-9-7(3-4-11-6)5-8(10(13)14)12(9)2/h3-5H,1-2H3,(H,13,14). The summed E-state index contributed by atoms with van der Waals surface area (Å²) in [6.45, 7) is 1.87. The zero-order chi connectivity index (χ0) is 10.3. The smallest absolute Gasteiger partial charge is 0.352 e. The van der Waals surface area contributed by atoms with Gasteiger partial charge >= 0.3 is 5.97 Å². The molecular weight excluding hydrogens is 180 g/mol. The quantitative estimate of drug-likeness (QED) is 0.742. The predicted molar refractivity (Wildman–Crippen MR) is 52.4 cm³/mol. The number of aromatic nitrogens is 2. The highest BCUT2D eigenvalue weighted by atomic mass is 16.4. The Bertz CT molecular complexity index is 514. The highest BCUT2D eigenvalue weighted by Gasteiger charge is 2.12. The Morgan fingerprint density at radius 2 is 2.29 bits per heavy atom. The molecule has 1 N–H and O–H groups in total. The van der Waals surface area contributed by atoms with Gasteiger partial charge in [0.2, 0.25) is 0 Å². The molecule has 72 valence electrons. The van der Waals surface area contributed by atoms with Crippen molar-refractivity contribution in [2.45, 2.75) is 6.92 Å². The van der Waals surface area contributed by atoms with E-state index in [2.05, 4.69) is 4.98 Å². The first kappa shape index (κ1) is 8.74. The number of carboxylic acids is 1. The Kier molecular flexibility index (Phi) is 1.77. The minimum atomic E-state index is -0.914. The van der Waals surface area contributed by atoms with Crippen molar-refractivity contribution in [3.05, 3.63) is 29.7 Å². The number of carbonyl (C=O) groups is 1. The molecule has 4 heteroatoms. The van der Waals surface area contributed by atoms with Crippen LogP contribution >= 0.6 is 0 Å². The molecule has 0 aliphatic heterocycles. The lowest BCUT2D eigenvalue weighted by Gasteiger charge is -2.00. The second-order valence-corrected chi connectivity index (χ2v) is 3.23. The van der Waals surface area contributed by atoms with Crippen LogP contribution in [0.25, 0.3) is 10.9 Å². The molecule has 2 aromatic heterocycles. The van der Waals surface area contributed by atoms with E-state index in [1.807, 2.05) is 13.0 Å². The number of fused-ring (bicyclic) bond motifs is 1. The van der Waals surface area contributed by atoms with Crippen molar-refractivity contribution in [2.24, 2.45) is 7.05 Å². The summed E-state index contributed by atoms with van der Waals surface area (Å²) in [6, 6.07) is 3.47. The van der Waals surface area contributed by atoms with E-state index in [1.54, 1.807) is 23.9 Å². The van der Waals surface area contributed by atoms with Gasteiger partial charge in [-0.15, -0.1) is 0 Å². The second-order valence-electron chi connectivity index (χ2n) is 3.23. The number of nitrogens with zero attached hydrogens (tertiary/aromatic N) is 2. The molecule has 2 heterocycles. The lowest BCUT2D eigenvalue weighted by molar-refractivity contribution is 0.0687. The summed E-state index contributed by atoms with van der Waals surface area (Å²) in [4.78, 5) is 15.0. The van der Waals surface area contributed by atoms with Crippen LogP contribution in [0.1, 0.15) is 16.2 Å². The predicted octanol–water partition coefficient (Wildman–Crippen LogP) is 1.58. The Morgan fingerprint density at radius 1 is 1.57 bits per heavy atom. The molecule has 4 nitrogen and oxygen atoms in total.